The van der Waals surface area contributed by atoms with E-state index in [4.69, 9.17) is 4.42 Å². The van der Waals surface area contributed by atoms with Gasteiger partial charge in [-0.15, -0.1) is 0 Å². The molecule has 8 aromatic carbocycles. The minimum Gasteiger partial charge on any atom is -0.454 e. The lowest BCUT2D eigenvalue weighted by molar-refractivity contribution is 0.670. The number of benzene rings is 8. The van der Waals surface area contributed by atoms with Gasteiger partial charge in [-0.2, -0.15) is 0 Å². The van der Waals surface area contributed by atoms with Crippen molar-refractivity contribution in [1.29, 1.82) is 0 Å². The van der Waals surface area contributed by atoms with Gasteiger partial charge in [0.15, 0.2) is 5.58 Å². The molecule has 0 amide bonds. The van der Waals surface area contributed by atoms with Gasteiger partial charge >= 0.3 is 0 Å². The van der Waals surface area contributed by atoms with Gasteiger partial charge in [0.1, 0.15) is 5.58 Å². The van der Waals surface area contributed by atoms with Crippen LogP contribution in [0.15, 0.2) is 168 Å². The van der Waals surface area contributed by atoms with E-state index in [9.17, 15) is 0 Å². The molecule has 4 heteroatoms. The molecule has 5 heterocycles. The lowest BCUT2D eigenvalue weighted by Gasteiger charge is -2.26. The fourth-order valence-corrected chi connectivity index (χ4v) is 9.61. The second kappa shape index (κ2) is 9.39. The zero-order valence-electron chi connectivity index (χ0n) is 27.8. The maximum absolute atomic E-state index is 7.15. The normalized spacial score (nSPS) is 12.6. The molecule has 5 aromatic heterocycles. The number of furan rings is 1. The third kappa shape index (κ3) is 3.07. The van der Waals surface area contributed by atoms with Gasteiger partial charge < -0.3 is 18.1 Å². The summed E-state index contributed by atoms with van der Waals surface area (Å²) in [6, 6.07) is 59.2. The fraction of sp³-hybridized carbons (Fsp3) is 0. The second-order valence-corrected chi connectivity index (χ2v) is 14.0. The second-order valence-electron chi connectivity index (χ2n) is 14.0. The van der Waals surface area contributed by atoms with Gasteiger partial charge in [-0.3, -0.25) is 0 Å². The Balaban J connectivity index is 1.39. The fourth-order valence-electron chi connectivity index (χ4n) is 9.61. The molecule has 0 aliphatic heterocycles. The van der Waals surface area contributed by atoms with Crippen LogP contribution in [-0.4, -0.2) is 8.80 Å². The van der Waals surface area contributed by atoms with Crippen molar-refractivity contribution in [3.63, 3.8) is 0 Å². The molecule has 0 spiro atoms. The molecule has 240 valence electrons. The molecule has 4 nitrogen and oxygen atoms in total. The molecule has 0 N–H and O–H groups in total. The molecule has 13 rings (SSSR count). The van der Waals surface area contributed by atoms with Crippen LogP contribution in [0.1, 0.15) is 0 Å². The summed E-state index contributed by atoms with van der Waals surface area (Å²) >= 11 is 0. The van der Waals surface area contributed by atoms with Gasteiger partial charge in [0, 0.05) is 65.2 Å². The van der Waals surface area contributed by atoms with Crippen LogP contribution >= 0.6 is 0 Å². The highest BCUT2D eigenvalue weighted by Gasteiger charge is 2.32. The summed E-state index contributed by atoms with van der Waals surface area (Å²) < 4.78 is 12.2. The SMILES string of the molecule is c1ccc(N(c2ccccc2)c2c3oc4ccccc4c3c3c4c5c6ccccc6n6c7ccccc7c(cc4n4c7ccccc7c2c34)c56)cc1. The molecule has 0 aliphatic rings. The summed E-state index contributed by atoms with van der Waals surface area (Å²) in [6.45, 7) is 0. The predicted molar refractivity (Wildman–Crippen MR) is 218 cm³/mol. The van der Waals surface area contributed by atoms with Crippen molar-refractivity contribution in [2.24, 2.45) is 0 Å². The number of hydrogen-bond acceptors (Lipinski definition) is 2. The molecule has 0 aliphatic carbocycles. The average Bonchev–Trinajstić information content (AvgIpc) is 4.00. The van der Waals surface area contributed by atoms with Crippen LogP contribution in [0.3, 0.4) is 0 Å². The molecule has 52 heavy (non-hydrogen) atoms. The van der Waals surface area contributed by atoms with Gasteiger partial charge in [0.05, 0.1) is 38.8 Å². The minimum absolute atomic E-state index is 0.889. The lowest BCUT2D eigenvalue weighted by Crippen LogP contribution is -2.10. The van der Waals surface area contributed by atoms with Crippen molar-refractivity contribution in [1.82, 2.24) is 8.80 Å². The molecule has 0 saturated carbocycles. The van der Waals surface area contributed by atoms with Gasteiger partial charge in [-0.25, -0.2) is 0 Å². The summed E-state index contributed by atoms with van der Waals surface area (Å²) in [5.74, 6) is 0. The van der Waals surface area contributed by atoms with E-state index < -0.39 is 0 Å². The largest absolute Gasteiger partial charge is 0.454 e. The molecule has 13 aromatic rings. The van der Waals surface area contributed by atoms with E-state index in [0.29, 0.717) is 0 Å². The molecule has 0 radical (unpaired) electrons. The zero-order valence-corrected chi connectivity index (χ0v) is 27.8. The van der Waals surface area contributed by atoms with E-state index in [2.05, 4.69) is 177 Å². The summed E-state index contributed by atoms with van der Waals surface area (Å²) in [4.78, 5) is 2.40. The topological polar surface area (TPSA) is 25.2 Å². The monoisotopic (exact) mass is 661 g/mol. The zero-order chi connectivity index (χ0) is 33.7. The van der Waals surface area contributed by atoms with Crippen LogP contribution in [0, 0.1) is 0 Å². The van der Waals surface area contributed by atoms with Crippen LogP contribution in [0.4, 0.5) is 17.1 Å². The summed E-state index contributed by atoms with van der Waals surface area (Å²) in [6.07, 6.45) is 0. The van der Waals surface area contributed by atoms with Gasteiger partial charge in [0.25, 0.3) is 0 Å². The van der Waals surface area contributed by atoms with Crippen molar-refractivity contribution in [3.8, 4) is 0 Å². The van der Waals surface area contributed by atoms with Gasteiger partial charge in [-0.1, -0.05) is 109 Å². The molecular formula is C48H27N3O. The number of anilines is 3. The number of nitrogens with zero attached hydrogens (tertiary/aromatic N) is 3. The van der Waals surface area contributed by atoms with E-state index >= 15 is 0 Å². The minimum atomic E-state index is 0.889. The van der Waals surface area contributed by atoms with Gasteiger partial charge in [-0.05, 0) is 54.6 Å². The highest BCUT2D eigenvalue weighted by Crippen LogP contribution is 2.56. The van der Waals surface area contributed by atoms with Crippen LogP contribution in [0.25, 0.3) is 98.1 Å². The molecule has 0 bridgehead atoms. The first-order valence-corrected chi connectivity index (χ1v) is 17.9. The summed E-state index contributed by atoms with van der Waals surface area (Å²) in [7, 11) is 0. The van der Waals surface area contributed by atoms with E-state index in [-0.39, 0.29) is 0 Å². The molecular weight excluding hydrogens is 635 g/mol. The van der Waals surface area contributed by atoms with Crippen LogP contribution in [0.2, 0.25) is 0 Å². The summed E-state index contributed by atoms with van der Waals surface area (Å²) in [5, 5.41) is 12.3. The van der Waals surface area contributed by atoms with Crippen LogP contribution < -0.4 is 4.90 Å². The summed E-state index contributed by atoms with van der Waals surface area (Å²) in [5.41, 5.74) is 12.4. The highest BCUT2D eigenvalue weighted by molar-refractivity contribution is 6.45. The van der Waals surface area contributed by atoms with Crippen molar-refractivity contribution in [2.75, 3.05) is 4.90 Å². The van der Waals surface area contributed by atoms with E-state index in [0.717, 1.165) is 39.0 Å². The Labute approximate surface area is 296 Å². The molecule has 0 fully saturated rings. The van der Waals surface area contributed by atoms with Crippen LogP contribution in [0.5, 0.6) is 0 Å². The van der Waals surface area contributed by atoms with Crippen molar-refractivity contribution in [2.45, 2.75) is 0 Å². The number of rotatable bonds is 3. The number of para-hydroxylation sites is 6. The van der Waals surface area contributed by atoms with Gasteiger partial charge in [0.2, 0.25) is 0 Å². The van der Waals surface area contributed by atoms with Crippen molar-refractivity contribution < 1.29 is 4.42 Å². The average molecular weight is 662 g/mol. The number of fused-ring (bicyclic) bond motifs is 17. The smallest absolute Gasteiger partial charge is 0.160 e. The Morgan fingerprint density at radius 1 is 0.365 bits per heavy atom. The first-order chi connectivity index (χ1) is 25.9. The Morgan fingerprint density at radius 3 is 1.56 bits per heavy atom. The Morgan fingerprint density at radius 2 is 0.885 bits per heavy atom. The number of aromatic nitrogens is 2. The third-order valence-corrected chi connectivity index (χ3v) is 11.5. The first kappa shape index (κ1) is 26.8. The Kier molecular flexibility index (Phi) is 4.83. The van der Waals surface area contributed by atoms with E-state index in [1.807, 2.05) is 0 Å². The predicted octanol–water partition coefficient (Wildman–Crippen LogP) is 13.4. The Hall–Kier alpha value is -7.04. The molecule has 0 saturated heterocycles. The van der Waals surface area contributed by atoms with Crippen LogP contribution in [-0.2, 0) is 0 Å². The Bertz CT molecular complexity index is 3530. The number of hydrogen-bond donors (Lipinski definition) is 0. The quantitative estimate of drug-likeness (QED) is 0.188. The van der Waals surface area contributed by atoms with Crippen molar-refractivity contribution >= 4 is 115 Å². The van der Waals surface area contributed by atoms with E-state index in [1.54, 1.807) is 0 Å². The van der Waals surface area contributed by atoms with Crippen molar-refractivity contribution in [3.05, 3.63) is 164 Å². The molecule has 0 atom stereocenters. The highest BCUT2D eigenvalue weighted by atomic mass is 16.3. The first-order valence-electron chi connectivity index (χ1n) is 17.9. The molecule has 0 unspecified atom stereocenters. The lowest BCUT2D eigenvalue weighted by atomic mass is 9.96. The standard InChI is InChI=1S/C48H27N3O/c1-3-15-28(16-4-1)49(29-17-5-2-6-18-29)47-42-32-21-9-13-25-37(32)51-38-27-34-30-19-7-11-23-35(30)50-36-24-12-8-20-31(36)40(45(34)50)43(38)44(46(42)51)41-33-22-10-14-26-39(33)52-48(41)47/h1-27H. The van der Waals surface area contributed by atoms with E-state index in [1.165, 1.54) is 76.2 Å². The maximum Gasteiger partial charge on any atom is 0.160 e. The third-order valence-electron chi connectivity index (χ3n) is 11.5. The maximum atomic E-state index is 7.15.